The Morgan fingerprint density at radius 1 is 0.889 bits per heavy atom. The third kappa shape index (κ3) is 2.57. The van der Waals surface area contributed by atoms with E-state index in [0.29, 0.717) is 0 Å². The number of nitrogens with zero attached hydrogens (tertiary/aromatic N) is 3. The summed E-state index contributed by atoms with van der Waals surface area (Å²) >= 11 is 0. The number of piperidine rings is 1. The topological polar surface area (TPSA) is 21.8 Å². The molecule has 4 heteroatoms. The van der Waals surface area contributed by atoms with Crippen molar-refractivity contribution in [3.05, 3.63) is 0 Å². The highest BCUT2D eigenvalue weighted by molar-refractivity contribution is 4.90. The van der Waals surface area contributed by atoms with Gasteiger partial charge in [-0.1, -0.05) is 0 Å². The minimum Gasteiger partial charge on any atom is -0.314 e. The molecule has 3 heterocycles. The van der Waals surface area contributed by atoms with E-state index in [1.807, 2.05) is 0 Å². The first kappa shape index (κ1) is 12.9. The average Bonchev–Trinajstić information content (AvgIpc) is 2.32. The number of piperazine rings is 1. The van der Waals surface area contributed by atoms with Crippen LogP contribution in [0, 0.1) is 0 Å². The van der Waals surface area contributed by atoms with Crippen LogP contribution in [0.3, 0.4) is 0 Å². The first-order valence-corrected chi connectivity index (χ1v) is 7.63. The second-order valence-electron chi connectivity index (χ2n) is 6.39. The fourth-order valence-electron chi connectivity index (χ4n) is 3.60. The van der Waals surface area contributed by atoms with E-state index in [2.05, 4.69) is 34.0 Å². The van der Waals surface area contributed by atoms with E-state index in [0.717, 1.165) is 18.1 Å². The summed E-state index contributed by atoms with van der Waals surface area (Å²) in [4.78, 5) is 7.95. The molecular formula is C14H28N4. The summed E-state index contributed by atoms with van der Waals surface area (Å²) in [6.07, 6.45) is 2.73. The van der Waals surface area contributed by atoms with Crippen molar-refractivity contribution in [3.8, 4) is 0 Å². The van der Waals surface area contributed by atoms with E-state index in [1.165, 1.54) is 58.7 Å². The molecule has 104 valence electrons. The molecule has 3 fully saturated rings. The van der Waals surface area contributed by atoms with Crippen LogP contribution in [-0.2, 0) is 0 Å². The van der Waals surface area contributed by atoms with Crippen LogP contribution in [0.1, 0.15) is 19.8 Å². The molecular weight excluding hydrogens is 224 g/mol. The molecule has 4 nitrogen and oxygen atoms in total. The van der Waals surface area contributed by atoms with Gasteiger partial charge in [-0.2, -0.15) is 0 Å². The molecule has 0 amide bonds. The molecule has 0 spiro atoms. The van der Waals surface area contributed by atoms with Crippen molar-refractivity contribution in [1.82, 2.24) is 20.0 Å². The van der Waals surface area contributed by atoms with Gasteiger partial charge in [0.2, 0.25) is 0 Å². The zero-order valence-electron chi connectivity index (χ0n) is 11.9. The lowest BCUT2D eigenvalue weighted by atomic mass is 9.96. The number of rotatable bonds is 2. The van der Waals surface area contributed by atoms with Crippen LogP contribution in [0.25, 0.3) is 0 Å². The molecule has 3 aliphatic heterocycles. The molecule has 0 aromatic heterocycles. The van der Waals surface area contributed by atoms with Gasteiger partial charge >= 0.3 is 0 Å². The molecule has 3 aliphatic rings. The van der Waals surface area contributed by atoms with Crippen molar-refractivity contribution < 1.29 is 0 Å². The van der Waals surface area contributed by atoms with Gasteiger partial charge in [0.1, 0.15) is 0 Å². The third-order valence-electron chi connectivity index (χ3n) is 5.32. The van der Waals surface area contributed by atoms with Crippen molar-refractivity contribution in [1.29, 1.82) is 0 Å². The van der Waals surface area contributed by atoms with Gasteiger partial charge in [0.25, 0.3) is 0 Å². The molecule has 2 unspecified atom stereocenters. The fraction of sp³-hybridized carbons (Fsp3) is 1.00. The van der Waals surface area contributed by atoms with Crippen LogP contribution in [0.4, 0.5) is 0 Å². The summed E-state index contributed by atoms with van der Waals surface area (Å²) in [5, 5.41) is 3.38. The number of nitrogens with one attached hydrogen (secondary N) is 1. The normalized spacial score (nSPS) is 37.7. The highest BCUT2D eigenvalue weighted by Crippen LogP contribution is 2.22. The summed E-state index contributed by atoms with van der Waals surface area (Å²) in [5.41, 5.74) is 0. The van der Waals surface area contributed by atoms with Gasteiger partial charge in [-0.05, 0) is 33.4 Å². The standard InChI is InChI=1S/C14H28N4/c1-12-9-13(3-4-16(12)2)17-5-7-18(8-6-17)14-10-15-11-14/h12-15H,3-11H2,1-2H3. The summed E-state index contributed by atoms with van der Waals surface area (Å²) in [6.45, 7) is 11.2. The number of hydrogen-bond acceptors (Lipinski definition) is 4. The monoisotopic (exact) mass is 252 g/mol. The summed E-state index contributed by atoms with van der Waals surface area (Å²) < 4.78 is 0. The first-order chi connectivity index (χ1) is 8.74. The molecule has 0 radical (unpaired) electrons. The van der Waals surface area contributed by atoms with Crippen LogP contribution in [-0.4, -0.2) is 85.7 Å². The van der Waals surface area contributed by atoms with Gasteiger partial charge in [0.05, 0.1) is 0 Å². The van der Waals surface area contributed by atoms with Crippen LogP contribution in [0.5, 0.6) is 0 Å². The zero-order chi connectivity index (χ0) is 12.5. The van der Waals surface area contributed by atoms with Gasteiger partial charge in [-0.15, -0.1) is 0 Å². The Bertz CT molecular complexity index is 271. The Kier molecular flexibility index (Phi) is 3.89. The average molecular weight is 252 g/mol. The van der Waals surface area contributed by atoms with E-state index >= 15 is 0 Å². The van der Waals surface area contributed by atoms with Crippen LogP contribution < -0.4 is 5.32 Å². The van der Waals surface area contributed by atoms with Crippen molar-refractivity contribution in [3.63, 3.8) is 0 Å². The second-order valence-corrected chi connectivity index (χ2v) is 6.39. The fourth-order valence-corrected chi connectivity index (χ4v) is 3.60. The van der Waals surface area contributed by atoms with Gasteiger partial charge < -0.3 is 10.2 Å². The Labute approximate surface area is 111 Å². The maximum Gasteiger partial charge on any atom is 0.0346 e. The van der Waals surface area contributed by atoms with Crippen molar-refractivity contribution in [2.75, 3.05) is 52.9 Å². The van der Waals surface area contributed by atoms with Crippen molar-refractivity contribution in [2.24, 2.45) is 0 Å². The molecule has 0 aromatic carbocycles. The minimum atomic E-state index is 0.762. The Hall–Kier alpha value is -0.160. The third-order valence-corrected chi connectivity index (χ3v) is 5.32. The second kappa shape index (κ2) is 5.45. The van der Waals surface area contributed by atoms with Gasteiger partial charge in [0, 0.05) is 57.4 Å². The summed E-state index contributed by atoms with van der Waals surface area (Å²) in [6, 6.07) is 2.44. The molecule has 0 aromatic rings. The molecule has 0 bridgehead atoms. The SMILES string of the molecule is CC1CC(N2CCN(C3CNC3)CC2)CCN1C. The summed E-state index contributed by atoms with van der Waals surface area (Å²) in [5.74, 6) is 0. The predicted molar refractivity (Wildman–Crippen MR) is 74.9 cm³/mol. The summed E-state index contributed by atoms with van der Waals surface area (Å²) in [7, 11) is 2.27. The Morgan fingerprint density at radius 3 is 2.00 bits per heavy atom. The lowest BCUT2D eigenvalue weighted by molar-refractivity contribution is 0.0240. The van der Waals surface area contributed by atoms with E-state index in [1.54, 1.807) is 0 Å². The molecule has 18 heavy (non-hydrogen) atoms. The highest BCUT2D eigenvalue weighted by atomic mass is 15.3. The van der Waals surface area contributed by atoms with E-state index < -0.39 is 0 Å². The van der Waals surface area contributed by atoms with Crippen LogP contribution in [0.2, 0.25) is 0 Å². The Balaban J connectivity index is 1.47. The van der Waals surface area contributed by atoms with Crippen LogP contribution >= 0.6 is 0 Å². The molecule has 3 saturated heterocycles. The quantitative estimate of drug-likeness (QED) is 0.750. The number of likely N-dealkylation sites (tertiary alicyclic amines) is 1. The van der Waals surface area contributed by atoms with Crippen molar-refractivity contribution >= 4 is 0 Å². The minimum absolute atomic E-state index is 0.762. The first-order valence-electron chi connectivity index (χ1n) is 7.63. The largest absolute Gasteiger partial charge is 0.314 e. The lowest BCUT2D eigenvalue weighted by Crippen LogP contribution is -2.63. The van der Waals surface area contributed by atoms with E-state index in [-0.39, 0.29) is 0 Å². The van der Waals surface area contributed by atoms with Crippen LogP contribution in [0.15, 0.2) is 0 Å². The predicted octanol–water partition coefficient (Wildman–Crippen LogP) is 0.0585. The highest BCUT2D eigenvalue weighted by Gasteiger charge is 2.32. The molecule has 2 atom stereocenters. The maximum absolute atomic E-state index is 3.38. The molecule has 1 N–H and O–H groups in total. The zero-order valence-corrected chi connectivity index (χ0v) is 11.9. The molecule has 0 saturated carbocycles. The smallest absolute Gasteiger partial charge is 0.0346 e. The number of hydrogen-bond donors (Lipinski definition) is 1. The Morgan fingerprint density at radius 2 is 1.50 bits per heavy atom. The maximum atomic E-state index is 3.38. The van der Waals surface area contributed by atoms with Gasteiger partial charge in [-0.25, -0.2) is 0 Å². The molecule has 3 rings (SSSR count). The lowest BCUT2D eigenvalue weighted by Gasteiger charge is -2.47. The van der Waals surface area contributed by atoms with Gasteiger partial charge in [0.15, 0.2) is 0 Å². The van der Waals surface area contributed by atoms with E-state index in [9.17, 15) is 0 Å². The van der Waals surface area contributed by atoms with Crippen molar-refractivity contribution in [2.45, 2.75) is 37.9 Å². The van der Waals surface area contributed by atoms with Gasteiger partial charge in [-0.3, -0.25) is 9.80 Å². The van der Waals surface area contributed by atoms with E-state index in [4.69, 9.17) is 0 Å². The molecule has 0 aliphatic carbocycles.